The van der Waals surface area contributed by atoms with Crippen molar-refractivity contribution >= 4 is 43.3 Å². The Kier molecular flexibility index (Phi) is 11.9. The average Bonchev–Trinajstić information content (AvgIpc) is 2.75. The first-order chi connectivity index (χ1) is 14.9. The Morgan fingerprint density at radius 1 is 0.774 bits per heavy atom. The molecule has 172 valence electrons. The van der Waals surface area contributed by atoms with Crippen LogP contribution in [-0.2, 0) is 38.1 Å². The summed E-state index contributed by atoms with van der Waals surface area (Å²) in [5, 5.41) is 0.0526. The standard InChI is InChI=1S/C22H30O8Se/c1-5-27-18(23)17(19(24)28-6-2)14-22(20(25)29-7-3,21(26)30-8-4)15-31-16-12-10-9-11-13-16/h9-13,17H,5-8,14-15H2,1-4H3. The van der Waals surface area contributed by atoms with E-state index in [1.165, 1.54) is 0 Å². The topological polar surface area (TPSA) is 105 Å². The van der Waals surface area contributed by atoms with Crippen LogP contribution < -0.4 is 4.46 Å². The third-order valence-electron chi connectivity index (χ3n) is 4.26. The van der Waals surface area contributed by atoms with Crippen LogP contribution in [0.2, 0.25) is 5.32 Å². The molecule has 0 N–H and O–H groups in total. The second kappa shape index (κ2) is 13.8. The SMILES string of the molecule is CCOC(=O)C(CC(C[Se]c1ccccc1)(C(=O)OCC)C(=O)OCC)C(=O)OCC. The first-order valence-electron chi connectivity index (χ1n) is 10.2. The number of rotatable bonds is 13. The van der Waals surface area contributed by atoms with Crippen molar-refractivity contribution in [1.82, 2.24) is 0 Å². The quantitative estimate of drug-likeness (QED) is 0.174. The Hall–Kier alpha value is -2.38. The fourth-order valence-corrected chi connectivity index (χ4v) is 5.13. The predicted octanol–water partition coefficient (Wildman–Crippen LogP) is 1.68. The zero-order valence-electron chi connectivity index (χ0n) is 18.4. The van der Waals surface area contributed by atoms with Crippen molar-refractivity contribution in [2.24, 2.45) is 11.3 Å². The van der Waals surface area contributed by atoms with Crippen molar-refractivity contribution in [3.8, 4) is 0 Å². The molecule has 0 radical (unpaired) electrons. The average molecular weight is 501 g/mol. The number of esters is 4. The molecule has 0 heterocycles. The van der Waals surface area contributed by atoms with E-state index in [0.717, 1.165) is 4.46 Å². The second-order valence-corrected chi connectivity index (χ2v) is 8.59. The van der Waals surface area contributed by atoms with Crippen LogP contribution in [0.4, 0.5) is 0 Å². The van der Waals surface area contributed by atoms with Gasteiger partial charge in [-0.2, -0.15) is 0 Å². The Morgan fingerprint density at radius 2 is 1.23 bits per heavy atom. The van der Waals surface area contributed by atoms with Crippen LogP contribution in [0.3, 0.4) is 0 Å². The van der Waals surface area contributed by atoms with Crippen molar-refractivity contribution in [3.63, 3.8) is 0 Å². The van der Waals surface area contributed by atoms with Gasteiger partial charge in [0.15, 0.2) is 0 Å². The number of carbonyl (C=O) groups excluding carboxylic acids is 4. The first-order valence-corrected chi connectivity index (χ1v) is 12.3. The van der Waals surface area contributed by atoms with E-state index in [-0.39, 0.29) is 46.7 Å². The molecule has 9 heteroatoms. The van der Waals surface area contributed by atoms with E-state index in [4.69, 9.17) is 18.9 Å². The van der Waals surface area contributed by atoms with Crippen molar-refractivity contribution in [2.45, 2.75) is 39.4 Å². The molecule has 0 aliphatic rings. The van der Waals surface area contributed by atoms with Gasteiger partial charge in [-0.15, -0.1) is 0 Å². The van der Waals surface area contributed by atoms with Crippen LogP contribution in [-0.4, -0.2) is 65.3 Å². The first kappa shape index (κ1) is 26.7. The zero-order valence-corrected chi connectivity index (χ0v) is 20.1. The maximum atomic E-state index is 13.1. The van der Waals surface area contributed by atoms with E-state index in [1.54, 1.807) is 27.7 Å². The Morgan fingerprint density at radius 3 is 1.65 bits per heavy atom. The van der Waals surface area contributed by atoms with Crippen LogP contribution in [0, 0.1) is 11.3 Å². The molecule has 0 amide bonds. The second-order valence-electron chi connectivity index (χ2n) is 6.39. The molecule has 0 fully saturated rings. The minimum absolute atomic E-state index is 0.0296. The summed E-state index contributed by atoms with van der Waals surface area (Å²) in [6.45, 7) is 6.56. The fourth-order valence-electron chi connectivity index (χ4n) is 2.79. The molecule has 1 aromatic carbocycles. The van der Waals surface area contributed by atoms with E-state index < -0.39 is 41.6 Å². The summed E-state index contributed by atoms with van der Waals surface area (Å²) >= 11 is -0.339. The van der Waals surface area contributed by atoms with Crippen molar-refractivity contribution in [3.05, 3.63) is 30.3 Å². The summed E-state index contributed by atoms with van der Waals surface area (Å²) in [7, 11) is 0. The Balaban J connectivity index is 3.42. The van der Waals surface area contributed by atoms with Gasteiger partial charge in [0, 0.05) is 0 Å². The summed E-state index contributed by atoms with van der Waals surface area (Å²) in [5.74, 6) is -4.83. The molecular weight excluding hydrogens is 471 g/mol. The van der Waals surface area contributed by atoms with E-state index >= 15 is 0 Å². The van der Waals surface area contributed by atoms with Crippen LogP contribution in [0.5, 0.6) is 0 Å². The van der Waals surface area contributed by atoms with Gasteiger partial charge in [-0.3, -0.25) is 0 Å². The van der Waals surface area contributed by atoms with Crippen LogP contribution in [0.25, 0.3) is 0 Å². The van der Waals surface area contributed by atoms with E-state index in [2.05, 4.69) is 0 Å². The molecule has 0 saturated heterocycles. The van der Waals surface area contributed by atoms with E-state index in [0.29, 0.717) is 0 Å². The summed E-state index contributed by atoms with van der Waals surface area (Å²) in [4.78, 5) is 51.3. The molecule has 31 heavy (non-hydrogen) atoms. The summed E-state index contributed by atoms with van der Waals surface area (Å²) in [5.41, 5.74) is -1.84. The number of hydrogen-bond donors (Lipinski definition) is 0. The fraction of sp³-hybridized carbons (Fsp3) is 0.545. The van der Waals surface area contributed by atoms with Gasteiger partial charge in [0.1, 0.15) is 0 Å². The van der Waals surface area contributed by atoms with Crippen LogP contribution >= 0.6 is 0 Å². The number of ether oxygens (including phenoxy) is 4. The zero-order chi connectivity index (χ0) is 23.3. The maximum absolute atomic E-state index is 13.1. The number of carbonyl (C=O) groups is 4. The van der Waals surface area contributed by atoms with Crippen LogP contribution in [0.15, 0.2) is 30.3 Å². The summed E-state index contributed by atoms with van der Waals surface area (Å²) in [6.07, 6.45) is -0.448. The Labute approximate surface area is 189 Å². The Bertz CT molecular complexity index is 698. The molecule has 0 bridgehead atoms. The summed E-state index contributed by atoms with van der Waals surface area (Å²) in [6, 6.07) is 9.34. The molecule has 8 nitrogen and oxygen atoms in total. The van der Waals surface area contributed by atoms with Crippen LogP contribution in [0.1, 0.15) is 34.1 Å². The molecule has 0 aromatic heterocycles. The number of benzene rings is 1. The number of hydrogen-bond acceptors (Lipinski definition) is 8. The minimum atomic E-state index is -1.84. The van der Waals surface area contributed by atoms with E-state index in [1.807, 2.05) is 30.3 Å². The molecule has 1 rings (SSSR count). The molecule has 0 unspecified atom stereocenters. The van der Waals surface area contributed by atoms with Gasteiger partial charge in [0.25, 0.3) is 0 Å². The monoisotopic (exact) mass is 502 g/mol. The molecule has 0 atom stereocenters. The molecule has 0 aliphatic carbocycles. The van der Waals surface area contributed by atoms with Gasteiger partial charge >= 0.3 is 189 Å². The molecule has 0 saturated carbocycles. The molecule has 1 aromatic rings. The normalized spacial score (nSPS) is 11.0. The van der Waals surface area contributed by atoms with Gasteiger partial charge in [0.2, 0.25) is 0 Å². The van der Waals surface area contributed by atoms with Gasteiger partial charge in [-0.1, -0.05) is 0 Å². The van der Waals surface area contributed by atoms with Gasteiger partial charge in [0.05, 0.1) is 0 Å². The van der Waals surface area contributed by atoms with Gasteiger partial charge < -0.3 is 0 Å². The third kappa shape index (κ3) is 7.67. The van der Waals surface area contributed by atoms with Gasteiger partial charge in [-0.05, 0) is 0 Å². The van der Waals surface area contributed by atoms with Crippen molar-refractivity contribution in [1.29, 1.82) is 0 Å². The van der Waals surface area contributed by atoms with Crippen molar-refractivity contribution < 1.29 is 38.1 Å². The third-order valence-corrected chi connectivity index (χ3v) is 6.86. The summed E-state index contributed by atoms with van der Waals surface area (Å²) < 4.78 is 21.4. The molecule has 0 aliphatic heterocycles. The van der Waals surface area contributed by atoms with Crippen molar-refractivity contribution in [2.75, 3.05) is 26.4 Å². The van der Waals surface area contributed by atoms with Gasteiger partial charge in [-0.25, -0.2) is 0 Å². The predicted molar refractivity (Wildman–Crippen MR) is 114 cm³/mol. The van der Waals surface area contributed by atoms with E-state index in [9.17, 15) is 19.2 Å². The molecule has 0 spiro atoms. The molecular formula is C22H30O8Se.